The molecule has 0 atom stereocenters. The maximum atomic E-state index is 12.7. The molecule has 1 aliphatic rings. The molecule has 166 valence electrons. The number of allylic oxidation sites excluding steroid dienone is 2. The summed E-state index contributed by atoms with van der Waals surface area (Å²) in [7, 11) is 0. The van der Waals surface area contributed by atoms with E-state index in [1.807, 2.05) is 48.6 Å². The predicted octanol–water partition coefficient (Wildman–Crippen LogP) is 5.44. The number of amides is 2. The van der Waals surface area contributed by atoms with Gasteiger partial charge >= 0.3 is 0 Å². The molecule has 0 radical (unpaired) electrons. The molecule has 1 aromatic heterocycles. The summed E-state index contributed by atoms with van der Waals surface area (Å²) >= 11 is 7.94. The molecule has 4 rings (SSSR count). The lowest BCUT2D eigenvalue weighted by atomic mass is 10.1. The second-order valence-electron chi connectivity index (χ2n) is 7.41. The molecular weight excluding hydrogens is 470 g/mol. The number of thiocarbonyl (C=S) groups is 1. The number of anilines is 1. The number of aryl methyl sites for hydroxylation is 1. The maximum absolute atomic E-state index is 12.7. The number of benzene rings is 2. The standard InChI is InChI=1S/C25H21N3O2S3/c1-17-7-5-11-19(13-17)14-20-15-26-24(32-20)27-22(29)16-28-23(30)21(33-25(28)31)12-6-10-18-8-3-2-4-9-18/h2-13,15H,14,16H2,1H3,(H,26,27,29). The highest BCUT2D eigenvalue weighted by molar-refractivity contribution is 8.26. The second kappa shape index (κ2) is 10.7. The number of thioether (sulfide) groups is 1. The molecule has 0 aliphatic carbocycles. The number of nitrogens with zero attached hydrogens (tertiary/aromatic N) is 2. The van der Waals surface area contributed by atoms with Crippen molar-refractivity contribution in [2.24, 2.45) is 0 Å². The van der Waals surface area contributed by atoms with Gasteiger partial charge in [0, 0.05) is 17.5 Å². The Morgan fingerprint density at radius 2 is 2.00 bits per heavy atom. The third-order valence-electron chi connectivity index (χ3n) is 4.77. The normalized spacial score (nSPS) is 15.1. The first-order chi connectivity index (χ1) is 16.0. The summed E-state index contributed by atoms with van der Waals surface area (Å²) in [5.74, 6) is -0.596. The molecule has 8 heteroatoms. The highest BCUT2D eigenvalue weighted by Crippen LogP contribution is 2.31. The van der Waals surface area contributed by atoms with Gasteiger partial charge in [0.15, 0.2) is 5.13 Å². The Morgan fingerprint density at radius 1 is 1.18 bits per heavy atom. The van der Waals surface area contributed by atoms with E-state index in [2.05, 4.69) is 35.4 Å². The largest absolute Gasteiger partial charge is 0.300 e. The van der Waals surface area contributed by atoms with Crippen molar-refractivity contribution in [3.8, 4) is 0 Å². The molecule has 0 saturated carbocycles. The lowest BCUT2D eigenvalue weighted by molar-refractivity contribution is -0.126. The lowest BCUT2D eigenvalue weighted by Crippen LogP contribution is -2.36. The van der Waals surface area contributed by atoms with Crippen molar-refractivity contribution >= 4 is 62.7 Å². The van der Waals surface area contributed by atoms with Crippen molar-refractivity contribution in [3.05, 3.63) is 99.4 Å². The first kappa shape index (κ1) is 23.1. The SMILES string of the molecule is Cc1cccc(Cc2cnc(NC(=O)CN3C(=O)C(=CC=Cc4ccccc4)SC3=S)s2)c1. The van der Waals surface area contributed by atoms with Crippen LogP contribution in [0.1, 0.15) is 21.6 Å². The topological polar surface area (TPSA) is 62.3 Å². The lowest BCUT2D eigenvalue weighted by Gasteiger charge is -2.13. The zero-order chi connectivity index (χ0) is 23.2. The van der Waals surface area contributed by atoms with E-state index in [4.69, 9.17) is 12.2 Å². The van der Waals surface area contributed by atoms with Gasteiger partial charge in [-0.05, 0) is 24.1 Å². The molecule has 0 bridgehead atoms. The van der Waals surface area contributed by atoms with Crippen molar-refractivity contribution in [3.63, 3.8) is 0 Å². The Kier molecular flexibility index (Phi) is 7.49. The van der Waals surface area contributed by atoms with E-state index in [9.17, 15) is 9.59 Å². The summed E-state index contributed by atoms with van der Waals surface area (Å²) in [6, 6.07) is 18.1. The van der Waals surface area contributed by atoms with E-state index >= 15 is 0 Å². The molecule has 1 saturated heterocycles. The van der Waals surface area contributed by atoms with Crippen LogP contribution in [-0.4, -0.2) is 32.6 Å². The van der Waals surface area contributed by atoms with Gasteiger partial charge in [-0.2, -0.15) is 0 Å². The second-order valence-corrected chi connectivity index (χ2v) is 10.2. The average Bonchev–Trinajstić information content (AvgIpc) is 3.33. The fraction of sp³-hybridized carbons (Fsp3) is 0.120. The minimum absolute atomic E-state index is 0.142. The minimum Gasteiger partial charge on any atom is -0.300 e. The van der Waals surface area contributed by atoms with Crippen molar-refractivity contribution in [2.75, 3.05) is 11.9 Å². The van der Waals surface area contributed by atoms with Crippen LogP contribution in [0.5, 0.6) is 0 Å². The summed E-state index contributed by atoms with van der Waals surface area (Å²) in [6.07, 6.45) is 7.97. The van der Waals surface area contributed by atoms with Gasteiger partial charge in [-0.3, -0.25) is 14.5 Å². The van der Waals surface area contributed by atoms with Crippen LogP contribution in [0.3, 0.4) is 0 Å². The Balaban J connectivity index is 1.33. The predicted molar refractivity (Wildman–Crippen MR) is 140 cm³/mol. The van der Waals surface area contributed by atoms with Gasteiger partial charge in [-0.25, -0.2) is 4.98 Å². The van der Waals surface area contributed by atoms with Gasteiger partial charge in [-0.1, -0.05) is 96.3 Å². The number of carbonyl (C=O) groups is 2. The van der Waals surface area contributed by atoms with Gasteiger partial charge in [0.05, 0.1) is 4.91 Å². The van der Waals surface area contributed by atoms with Crippen molar-refractivity contribution in [1.82, 2.24) is 9.88 Å². The molecule has 1 N–H and O–H groups in total. The molecule has 0 spiro atoms. The first-order valence-corrected chi connectivity index (χ1v) is 12.3. The fourth-order valence-electron chi connectivity index (χ4n) is 3.23. The van der Waals surface area contributed by atoms with Gasteiger partial charge in [-0.15, -0.1) is 11.3 Å². The number of carbonyl (C=O) groups excluding carboxylic acids is 2. The van der Waals surface area contributed by atoms with Gasteiger partial charge < -0.3 is 5.32 Å². The van der Waals surface area contributed by atoms with E-state index < -0.39 is 0 Å². The van der Waals surface area contributed by atoms with E-state index in [1.54, 1.807) is 12.3 Å². The average molecular weight is 492 g/mol. The molecule has 1 aliphatic heterocycles. The smallest absolute Gasteiger partial charge is 0.266 e. The first-order valence-electron chi connectivity index (χ1n) is 10.2. The third-order valence-corrected chi connectivity index (χ3v) is 7.08. The van der Waals surface area contributed by atoms with E-state index in [1.165, 1.54) is 39.1 Å². The van der Waals surface area contributed by atoms with E-state index in [0.717, 1.165) is 16.9 Å². The van der Waals surface area contributed by atoms with Crippen LogP contribution in [0, 0.1) is 6.92 Å². The zero-order valence-corrected chi connectivity index (χ0v) is 20.3. The summed E-state index contributed by atoms with van der Waals surface area (Å²) in [4.78, 5) is 32.4. The van der Waals surface area contributed by atoms with E-state index in [0.29, 0.717) is 14.4 Å². The van der Waals surface area contributed by atoms with Crippen molar-refractivity contribution in [1.29, 1.82) is 0 Å². The number of aromatic nitrogens is 1. The zero-order valence-electron chi connectivity index (χ0n) is 17.9. The molecule has 3 aromatic rings. The Bertz CT molecular complexity index is 1250. The molecular formula is C25H21N3O2S3. The molecule has 5 nitrogen and oxygen atoms in total. The minimum atomic E-state index is -0.330. The summed E-state index contributed by atoms with van der Waals surface area (Å²) in [6.45, 7) is 1.92. The van der Waals surface area contributed by atoms with Crippen LogP contribution in [0.2, 0.25) is 0 Å². The van der Waals surface area contributed by atoms with Crippen LogP contribution in [0.25, 0.3) is 6.08 Å². The number of thiazole rings is 1. The third kappa shape index (κ3) is 6.25. The summed E-state index contributed by atoms with van der Waals surface area (Å²) < 4.78 is 0.369. The Morgan fingerprint density at radius 3 is 2.79 bits per heavy atom. The summed E-state index contributed by atoms with van der Waals surface area (Å²) in [5.41, 5.74) is 3.44. The number of hydrogen-bond donors (Lipinski definition) is 1. The van der Waals surface area contributed by atoms with Gasteiger partial charge in [0.2, 0.25) is 5.91 Å². The molecule has 2 heterocycles. The number of nitrogens with one attached hydrogen (secondary N) is 1. The van der Waals surface area contributed by atoms with Gasteiger partial charge in [0.25, 0.3) is 5.91 Å². The van der Waals surface area contributed by atoms with Crippen LogP contribution in [0.15, 0.2) is 77.9 Å². The Hall–Kier alpha value is -3.07. The van der Waals surface area contributed by atoms with Crippen LogP contribution in [0.4, 0.5) is 5.13 Å². The van der Waals surface area contributed by atoms with Crippen LogP contribution < -0.4 is 5.32 Å². The van der Waals surface area contributed by atoms with Gasteiger partial charge in [0.1, 0.15) is 10.9 Å². The molecule has 33 heavy (non-hydrogen) atoms. The van der Waals surface area contributed by atoms with E-state index in [-0.39, 0.29) is 18.4 Å². The monoisotopic (exact) mass is 491 g/mol. The van der Waals surface area contributed by atoms with Crippen molar-refractivity contribution in [2.45, 2.75) is 13.3 Å². The fourth-order valence-corrected chi connectivity index (χ4v) is 5.30. The van der Waals surface area contributed by atoms with Crippen LogP contribution in [-0.2, 0) is 16.0 Å². The van der Waals surface area contributed by atoms with Crippen molar-refractivity contribution < 1.29 is 9.59 Å². The molecule has 2 amide bonds. The number of hydrogen-bond acceptors (Lipinski definition) is 6. The number of rotatable bonds is 7. The highest BCUT2D eigenvalue weighted by atomic mass is 32.2. The molecule has 0 unspecified atom stereocenters. The maximum Gasteiger partial charge on any atom is 0.266 e. The molecule has 2 aromatic carbocycles. The highest BCUT2D eigenvalue weighted by Gasteiger charge is 2.33. The Labute approximate surface area is 206 Å². The summed E-state index contributed by atoms with van der Waals surface area (Å²) in [5, 5.41) is 3.29. The van der Waals surface area contributed by atoms with Crippen LogP contribution >= 0.6 is 35.3 Å². The molecule has 1 fully saturated rings. The quantitative estimate of drug-likeness (QED) is 0.352.